The van der Waals surface area contributed by atoms with Crippen LogP contribution in [0.1, 0.15) is 35.7 Å². The Hall–Kier alpha value is -2.33. The van der Waals surface area contributed by atoms with E-state index in [0.29, 0.717) is 0 Å². The number of aldehydes is 1. The van der Waals surface area contributed by atoms with Crippen LogP contribution in [0.2, 0.25) is 0 Å². The summed E-state index contributed by atoms with van der Waals surface area (Å²) in [5.41, 5.74) is 4.36. The van der Waals surface area contributed by atoms with E-state index in [0.717, 1.165) is 50.0 Å². The van der Waals surface area contributed by atoms with Gasteiger partial charge in [0, 0.05) is 34.5 Å². The molecule has 0 saturated heterocycles. The summed E-state index contributed by atoms with van der Waals surface area (Å²) in [4.78, 5) is 13.8. The van der Waals surface area contributed by atoms with Crippen LogP contribution in [0.3, 0.4) is 0 Å². The first-order chi connectivity index (χ1) is 12.6. The number of rotatable bonds is 8. The summed E-state index contributed by atoms with van der Waals surface area (Å²) in [6.45, 7) is 4.14. The summed E-state index contributed by atoms with van der Waals surface area (Å²) < 4.78 is 7.84. The van der Waals surface area contributed by atoms with Crippen molar-refractivity contribution in [3.8, 4) is 5.75 Å². The van der Waals surface area contributed by atoms with Crippen molar-refractivity contribution >= 4 is 28.1 Å². The number of fused-ring (bicyclic) bond motifs is 3. The summed E-state index contributed by atoms with van der Waals surface area (Å²) >= 11 is 0. The lowest BCUT2D eigenvalue weighted by atomic mass is 9.97. The fourth-order valence-electron chi connectivity index (χ4n) is 3.80. The van der Waals surface area contributed by atoms with Gasteiger partial charge in [-0.3, -0.25) is 4.79 Å². The number of aryl methyl sites for hydroxylation is 2. The molecule has 0 amide bonds. The Balaban J connectivity index is 2.27. The second kappa shape index (κ2) is 7.92. The van der Waals surface area contributed by atoms with Gasteiger partial charge in [-0.25, -0.2) is 0 Å². The summed E-state index contributed by atoms with van der Waals surface area (Å²) in [7, 11) is 5.91. The number of hydrogen-bond acceptors (Lipinski definition) is 3. The lowest BCUT2D eigenvalue weighted by Gasteiger charge is -2.12. The monoisotopic (exact) mass is 352 g/mol. The Morgan fingerprint density at radius 1 is 1.15 bits per heavy atom. The molecule has 2 aromatic carbocycles. The summed E-state index contributed by atoms with van der Waals surface area (Å²) in [5, 5.41) is 2.43. The minimum atomic E-state index is 0.808. The van der Waals surface area contributed by atoms with Crippen LogP contribution < -0.4 is 4.74 Å². The number of hydrogen-bond donors (Lipinski definition) is 0. The largest absolute Gasteiger partial charge is 0.497 e. The zero-order valence-corrected chi connectivity index (χ0v) is 16.2. The van der Waals surface area contributed by atoms with Gasteiger partial charge in [0.25, 0.3) is 0 Å². The highest BCUT2D eigenvalue weighted by Crippen LogP contribution is 2.35. The molecule has 0 aliphatic rings. The third kappa shape index (κ3) is 3.34. The van der Waals surface area contributed by atoms with Crippen molar-refractivity contribution in [2.24, 2.45) is 0 Å². The molecule has 0 aliphatic heterocycles. The smallest absolute Gasteiger partial charge is 0.150 e. The molecule has 138 valence electrons. The second-order valence-electron chi connectivity index (χ2n) is 7.09. The van der Waals surface area contributed by atoms with Crippen molar-refractivity contribution in [2.75, 3.05) is 27.7 Å². The molecule has 0 unspecified atom stereocenters. The Labute approximate surface area is 155 Å². The molecule has 3 rings (SSSR count). The standard InChI is InChI=1S/C22H28N2O2/c1-5-7-18-16(15-25)8-11-20-22(18)19-10-9-17(26-4)14-21(19)24(20)13-6-12-23(2)3/h8-11,14-15H,5-7,12-13H2,1-4H3. The molecule has 0 fully saturated rings. The van der Waals surface area contributed by atoms with Gasteiger partial charge < -0.3 is 14.2 Å². The third-order valence-electron chi connectivity index (χ3n) is 5.00. The van der Waals surface area contributed by atoms with E-state index in [4.69, 9.17) is 4.74 Å². The molecular weight excluding hydrogens is 324 g/mol. The van der Waals surface area contributed by atoms with Crippen LogP contribution in [0.5, 0.6) is 5.75 Å². The molecule has 0 atom stereocenters. The second-order valence-corrected chi connectivity index (χ2v) is 7.09. The minimum Gasteiger partial charge on any atom is -0.497 e. The van der Waals surface area contributed by atoms with Crippen LogP contribution in [0.25, 0.3) is 21.8 Å². The molecule has 1 aromatic heterocycles. The summed E-state index contributed by atoms with van der Waals surface area (Å²) in [6, 6.07) is 10.3. The highest BCUT2D eigenvalue weighted by atomic mass is 16.5. The van der Waals surface area contributed by atoms with Crippen LogP contribution in [0.15, 0.2) is 30.3 Å². The predicted octanol–water partition coefficient (Wildman–Crippen LogP) is 4.52. The number of carbonyl (C=O) groups excluding carboxylic acids is 1. The Bertz CT molecular complexity index is 925. The van der Waals surface area contributed by atoms with E-state index in [1.807, 2.05) is 12.1 Å². The number of methoxy groups -OCH3 is 1. The summed E-state index contributed by atoms with van der Waals surface area (Å²) in [6.07, 6.45) is 3.99. The van der Waals surface area contributed by atoms with E-state index in [9.17, 15) is 4.79 Å². The third-order valence-corrected chi connectivity index (χ3v) is 5.00. The molecule has 1 heterocycles. The first-order valence-corrected chi connectivity index (χ1v) is 9.32. The first kappa shape index (κ1) is 18.5. The van der Waals surface area contributed by atoms with Gasteiger partial charge in [0.2, 0.25) is 0 Å². The van der Waals surface area contributed by atoms with Gasteiger partial charge in [0.15, 0.2) is 0 Å². The van der Waals surface area contributed by atoms with Crippen molar-refractivity contribution < 1.29 is 9.53 Å². The molecular formula is C22H28N2O2. The van der Waals surface area contributed by atoms with Crippen LogP contribution in [0, 0.1) is 0 Å². The molecule has 26 heavy (non-hydrogen) atoms. The van der Waals surface area contributed by atoms with Crippen molar-refractivity contribution in [3.05, 3.63) is 41.5 Å². The van der Waals surface area contributed by atoms with Crippen LogP contribution >= 0.6 is 0 Å². The number of carbonyl (C=O) groups is 1. The topological polar surface area (TPSA) is 34.5 Å². The Kier molecular flexibility index (Phi) is 5.62. The average Bonchev–Trinajstić information content (AvgIpc) is 2.95. The molecule has 0 spiro atoms. The van der Waals surface area contributed by atoms with Gasteiger partial charge in [-0.15, -0.1) is 0 Å². The highest BCUT2D eigenvalue weighted by Gasteiger charge is 2.16. The maximum atomic E-state index is 11.6. The molecule has 0 saturated carbocycles. The zero-order chi connectivity index (χ0) is 18.7. The maximum absolute atomic E-state index is 11.6. The van der Waals surface area contributed by atoms with E-state index >= 15 is 0 Å². The van der Waals surface area contributed by atoms with E-state index in [1.54, 1.807) is 7.11 Å². The Morgan fingerprint density at radius 3 is 2.62 bits per heavy atom. The fourth-order valence-corrected chi connectivity index (χ4v) is 3.80. The maximum Gasteiger partial charge on any atom is 0.150 e. The van der Waals surface area contributed by atoms with Crippen molar-refractivity contribution in [3.63, 3.8) is 0 Å². The number of benzene rings is 2. The van der Waals surface area contributed by atoms with Crippen LogP contribution in [0.4, 0.5) is 0 Å². The minimum absolute atomic E-state index is 0.808. The lowest BCUT2D eigenvalue weighted by molar-refractivity contribution is 0.112. The normalized spacial score (nSPS) is 11.6. The molecule has 3 aromatic rings. The number of ether oxygens (including phenoxy) is 1. The quantitative estimate of drug-likeness (QED) is 0.559. The van der Waals surface area contributed by atoms with E-state index in [1.165, 1.54) is 27.4 Å². The molecule has 4 heteroatoms. The van der Waals surface area contributed by atoms with Crippen molar-refractivity contribution in [2.45, 2.75) is 32.7 Å². The van der Waals surface area contributed by atoms with E-state index in [-0.39, 0.29) is 0 Å². The highest BCUT2D eigenvalue weighted by molar-refractivity contribution is 6.11. The van der Waals surface area contributed by atoms with E-state index in [2.05, 4.69) is 48.7 Å². The number of nitrogens with zero attached hydrogens (tertiary/aromatic N) is 2. The van der Waals surface area contributed by atoms with Gasteiger partial charge in [-0.2, -0.15) is 0 Å². The first-order valence-electron chi connectivity index (χ1n) is 9.32. The van der Waals surface area contributed by atoms with Gasteiger partial charge in [-0.05, 0) is 63.3 Å². The van der Waals surface area contributed by atoms with E-state index < -0.39 is 0 Å². The van der Waals surface area contributed by atoms with Gasteiger partial charge in [-0.1, -0.05) is 13.3 Å². The Morgan fingerprint density at radius 2 is 1.96 bits per heavy atom. The fraction of sp³-hybridized carbons (Fsp3) is 0.409. The molecule has 0 N–H and O–H groups in total. The van der Waals surface area contributed by atoms with Gasteiger partial charge in [0.05, 0.1) is 12.6 Å². The lowest BCUT2D eigenvalue weighted by Crippen LogP contribution is -2.15. The summed E-state index contributed by atoms with van der Waals surface area (Å²) in [5.74, 6) is 0.863. The van der Waals surface area contributed by atoms with Gasteiger partial charge >= 0.3 is 0 Å². The van der Waals surface area contributed by atoms with Crippen molar-refractivity contribution in [1.82, 2.24) is 9.47 Å². The van der Waals surface area contributed by atoms with Gasteiger partial charge in [0.1, 0.15) is 12.0 Å². The zero-order valence-electron chi connectivity index (χ0n) is 16.2. The average molecular weight is 352 g/mol. The van der Waals surface area contributed by atoms with Crippen molar-refractivity contribution in [1.29, 1.82) is 0 Å². The van der Waals surface area contributed by atoms with Crippen LogP contribution in [-0.4, -0.2) is 43.5 Å². The molecule has 0 radical (unpaired) electrons. The SMILES string of the molecule is CCCc1c(C=O)ccc2c1c1ccc(OC)cc1n2CCCN(C)C. The molecule has 4 nitrogen and oxygen atoms in total. The van der Waals surface area contributed by atoms with Crippen LogP contribution in [-0.2, 0) is 13.0 Å². The molecule has 0 bridgehead atoms. The molecule has 0 aliphatic carbocycles. The predicted molar refractivity (Wildman–Crippen MR) is 109 cm³/mol. The number of aromatic nitrogens is 1.